The van der Waals surface area contributed by atoms with Gasteiger partial charge in [0.15, 0.2) is 0 Å². The van der Waals surface area contributed by atoms with Crippen molar-refractivity contribution in [1.82, 2.24) is 20.3 Å². The average Bonchev–Trinajstić information content (AvgIpc) is 2.75. The van der Waals surface area contributed by atoms with Crippen LogP contribution in [-0.2, 0) is 11.3 Å². The van der Waals surface area contributed by atoms with Gasteiger partial charge in [0.1, 0.15) is 6.10 Å². The van der Waals surface area contributed by atoms with Gasteiger partial charge < -0.3 is 10.1 Å². The van der Waals surface area contributed by atoms with Crippen molar-refractivity contribution in [3.05, 3.63) is 11.9 Å². The molecule has 1 aliphatic heterocycles. The number of amides is 1. The monoisotopic (exact) mass is 274 g/mol. The highest BCUT2D eigenvalue weighted by atomic mass is 79.9. The lowest BCUT2D eigenvalue weighted by molar-refractivity contribution is 0.128. The second-order valence-corrected chi connectivity index (χ2v) is 4.74. The number of aromatic nitrogens is 3. The highest BCUT2D eigenvalue weighted by Gasteiger charge is 2.24. The number of halogens is 1. The molecule has 1 saturated heterocycles. The highest BCUT2D eigenvalue weighted by molar-refractivity contribution is 9.09. The molecule has 0 bridgehead atoms. The summed E-state index contributed by atoms with van der Waals surface area (Å²) in [5.41, 5.74) is 0.970. The van der Waals surface area contributed by atoms with Crippen LogP contribution in [0.15, 0.2) is 6.20 Å². The Bertz CT molecular complexity index is 365. The summed E-state index contributed by atoms with van der Waals surface area (Å²) in [4.78, 5) is 11.0. The third-order valence-corrected chi connectivity index (χ3v) is 2.65. The molecule has 1 N–H and O–H groups in total. The summed E-state index contributed by atoms with van der Waals surface area (Å²) in [6.45, 7) is 3.05. The molecular weight excluding hydrogens is 264 g/mol. The minimum atomic E-state index is -0.367. The van der Waals surface area contributed by atoms with Crippen LogP contribution in [0.3, 0.4) is 0 Å². The molecule has 0 aliphatic carbocycles. The average molecular weight is 275 g/mol. The molecular formula is C8H11BrN4O2. The van der Waals surface area contributed by atoms with Gasteiger partial charge in [0, 0.05) is 0 Å². The fourth-order valence-electron chi connectivity index (χ4n) is 1.44. The molecule has 1 aromatic heterocycles. The number of alkyl carbamates (subject to hydrolysis) is 1. The predicted octanol–water partition coefficient (Wildman–Crippen LogP) is 0.842. The Morgan fingerprint density at radius 1 is 1.87 bits per heavy atom. The number of carbonyl (C=O) groups is 1. The zero-order valence-electron chi connectivity index (χ0n) is 8.18. The highest BCUT2D eigenvalue weighted by Crippen LogP contribution is 2.20. The third kappa shape index (κ3) is 2.28. The Kier molecular flexibility index (Phi) is 2.90. The number of hydrogen-bond donors (Lipinski definition) is 1. The van der Waals surface area contributed by atoms with Gasteiger partial charge in [0.05, 0.1) is 29.8 Å². The fourth-order valence-corrected chi connectivity index (χ4v) is 1.80. The second-order valence-electron chi connectivity index (χ2n) is 3.37. The predicted molar refractivity (Wildman–Crippen MR) is 55.6 cm³/mol. The second kappa shape index (κ2) is 4.18. The van der Waals surface area contributed by atoms with Crippen LogP contribution in [0, 0.1) is 0 Å². The molecule has 1 aliphatic rings. The third-order valence-electron chi connectivity index (χ3n) is 2.18. The lowest BCUT2D eigenvalue weighted by Crippen LogP contribution is -2.22. The maximum absolute atomic E-state index is 10.8. The topological polar surface area (TPSA) is 69.0 Å². The van der Waals surface area contributed by atoms with Crippen LogP contribution in [0.5, 0.6) is 0 Å². The van der Waals surface area contributed by atoms with Crippen molar-refractivity contribution in [2.45, 2.75) is 24.4 Å². The quantitative estimate of drug-likeness (QED) is 0.830. The maximum Gasteiger partial charge on any atom is 0.407 e. The molecule has 0 saturated carbocycles. The van der Waals surface area contributed by atoms with Crippen molar-refractivity contribution in [3.8, 4) is 0 Å². The van der Waals surface area contributed by atoms with Gasteiger partial charge in [-0.25, -0.2) is 9.48 Å². The van der Waals surface area contributed by atoms with Gasteiger partial charge in [0.25, 0.3) is 0 Å². The van der Waals surface area contributed by atoms with E-state index >= 15 is 0 Å². The molecule has 0 aromatic carbocycles. The molecule has 15 heavy (non-hydrogen) atoms. The number of alkyl halides is 1. The standard InChI is InChI=1S/C8H11BrN4O2/c1-5(9)7-3-11-12-13(7)4-6-2-10-8(14)15-6/h3,5-6H,2,4H2,1H3,(H,10,14). The Hall–Kier alpha value is -1.11. The Labute approximate surface area is 95.1 Å². The van der Waals surface area contributed by atoms with E-state index in [9.17, 15) is 4.79 Å². The minimum absolute atomic E-state index is 0.163. The van der Waals surface area contributed by atoms with E-state index < -0.39 is 0 Å². The normalized spacial score (nSPS) is 22.3. The molecule has 82 valence electrons. The summed E-state index contributed by atoms with van der Waals surface area (Å²) < 4.78 is 6.76. The molecule has 2 atom stereocenters. The van der Waals surface area contributed by atoms with Crippen molar-refractivity contribution in [3.63, 3.8) is 0 Å². The van der Waals surface area contributed by atoms with Crippen molar-refractivity contribution >= 4 is 22.0 Å². The largest absolute Gasteiger partial charge is 0.442 e. The minimum Gasteiger partial charge on any atom is -0.442 e. The van der Waals surface area contributed by atoms with E-state index in [-0.39, 0.29) is 17.0 Å². The maximum atomic E-state index is 10.8. The molecule has 6 nitrogen and oxygen atoms in total. The number of carbonyl (C=O) groups excluding carboxylic acids is 1. The first-order valence-electron chi connectivity index (χ1n) is 4.63. The lowest BCUT2D eigenvalue weighted by atomic mass is 10.3. The molecule has 0 radical (unpaired) electrons. The molecule has 1 fully saturated rings. The van der Waals surface area contributed by atoms with Crippen LogP contribution in [0.4, 0.5) is 4.79 Å². The van der Waals surface area contributed by atoms with E-state index in [1.54, 1.807) is 10.9 Å². The van der Waals surface area contributed by atoms with Gasteiger partial charge in [-0.3, -0.25) is 0 Å². The Morgan fingerprint density at radius 3 is 3.27 bits per heavy atom. The molecule has 2 unspecified atom stereocenters. The van der Waals surface area contributed by atoms with E-state index in [4.69, 9.17) is 4.74 Å². The molecule has 7 heteroatoms. The molecule has 1 aromatic rings. The van der Waals surface area contributed by atoms with Gasteiger partial charge in [-0.2, -0.15) is 0 Å². The molecule has 1 amide bonds. The van der Waals surface area contributed by atoms with Crippen LogP contribution >= 0.6 is 15.9 Å². The number of cyclic esters (lactones) is 1. The summed E-state index contributed by atoms with van der Waals surface area (Å²) >= 11 is 3.45. The summed E-state index contributed by atoms with van der Waals surface area (Å²) in [6, 6.07) is 0. The molecule has 2 heterocycles. The lowest BCUT2D eigenvalue weighted by Gasteiger charge is -2.10. The summed E-state index contributed by atoms with van der Waals surface area (Å²) in [5, 5.41) is 10.4. The number of hydrogen-bond acceptors (Lipinski definition) is 4. The zero-order valence-corrected chi connectivity index (χ0v) is 9.77. The van der Waals surface area contributed by atoms with Crippen LogP contribution in [-0.4, -0.2) is 33.7 Å². The summed E-state index contributed by atoms with van der Waals surface area (Å²) in [5.74, 6) is 0. The Morgan fingerprint density at radius 2 is 2.67 bits per heavy atom. The van der Waals surface area contributed by atoms with Crippen molar-refractivity contribution < 1.29 is 9.53 Å². The first kappa shape index (κ1) is 10.4. The fraction of sp³-hybridized carbons (Fsp3) is 0.625. The number of rotatable bonds is 3. The van der Waals surface area contributed by atoms with E-state index in [0.29, 0.717) is 13.1 Å². The van der Waals surface area contributed by atoms with Crippen molar-refractivity contribution in [1.29, 1.82) is 0 Å². The van der Waals surface area contributed by atoms with Crippen LogP contribution < -0.4 is 5.32 Å². The van der Waals surface area contributed by atoms with E-state index in [2.05, 4.69) is 31.6 Å². The summed E-state index contributed by atoms with van der Waals surface area (Å²) in [6.07, 6.45) is 1.17. The molecule has 2 rings (SSSR count). The number of nitrogens with one attached hydrogen (secondary N) is 1. The first-order chi connectivity index (χ1) is 7.16. The smallest absolute Gasteiger partial charge is 0.407 e. The van der Waals surface area contributed by atoms with Gasteiger partial charge in [-0.15, -0.1) is 5.10 Å². The SMILES string of the molecule is CC(Br)c1cnnn1CC1CNC(=O)O1. The van der Waals surface area contributed by atoms with Crippen LogP contribution in [0.1, 0.15) is 17.4 Å². The van der Waals surface area contributed by atoms with Crippen LogP contribution in [0.2, 0.25) is 0 Å². The number of nitrogens with zero attached hydrogens (tertiary/aromatic N) is 3. The van der Waals surface area contributed by atoms with E-state index in [1.807, 2.05) is 6.92 Å². The van der Waals surface area contributed by atoms with Gasteiger partial charge in [0.2, 0.25) is 0 Å². The molecule has 0 spiro atoms. The van der Waals surface area contributed by atoms with E-state index in [1.165, 1.54) is 0 Å². The van der Waals surface area contributed by atoms with Gasteiger partial charge in [-0.1, -0.05) is 21.1 Å². The Balaban J connectivity index is 2.04. The first-order valence-corrected chi connectivity index (χ1v) is 5.55. The zero-order chi connectivity index (χ0) is 10.8. The van der Waals surface area contributed by atoms with Crippen LogP contribution in [0.25, 0.3) is 0 Å². The summed E-state index contributed by atoms with van der Waals surface area (Å²) in [7, 11) is 0. The van der Waals surface area contributed by atoms with E-state index in [0.717, 1.165) is 5.69 Å². The van der Waals surface area contributed by atoms with Crippen molar-refractivity contribution in [2.24, 2.45) is 0 Å². The van der Waals surface area contributed by atoms with Gasteiger partial charge >= 0.3 is 6.09 Å². The van der Waals surface area contributed by atoms with Crippen molar-refractivity contribution in [2.75, 3.05) is 6.54 Å². The number of ether oxygens (including phenoxy) is 1. The van der Waals surface area contributed by atoms with Gasteiger partial charge in [-0.05, 0) is 6.92 Å².